The molecule has 1 N–H and O–H groups in total. The van der Waals surface area contributed by atoms with Gasteiger partial charge >= 0.3 is 11.7 Å². The Balaban J connectivity index is 1.77. The van der Waals surface area contributed by atoms with E-state index in [1.165, 1.54) is 12.3 Å². The standard InChI is InChI=1S/C22H18N4O7/c1-2-32-21-12-15(8-11-20(21)33-22(27)16-6-4-3-5-7-16)14-23-24-18-10-9-17(25(28)29)13-19(18)26(30)31/h3-14,24H,2H2,1H3/b23-14-. The van der Waals surface area contributed by atoms with Crippen LogP contribution in [0.15, 0.2) is 71.8 Å². The lowest BCUT2D eigenvalue weighted by molar-refractivity contribution is -0.393. The number of hydrogen-bond donors (Lipinski definition) is 1. The van der Waals surface area contributed by atoms with Gasteiger partial charge in [0.1, 0.15) is 5.69 Å². The number of non-ortho nitro benzene ring substituents is 1. The summed E-state index contributed by atoms with van der Waals surface area (Å²) in [4.78, 5) is 32.9. The van der Waals surface area contributed by atoms with E-state index in [0.717, 1.165) is 12.1 Å². The van der Waals surface area contributed by atoms with Gasteiger partial charge in [-0.05, 0) is 48.9 Å². The van der Waals surface area contributed by atoms with E-state index in [1.807, 2.05) is 0 Å². The van der Waals surface area contributed by atoms with Crippen molar-refractivity contribution in [2.24, 2.45) is 5.10 Å². The van der Waals surface area contributed by atoms with E-state index in [2.05, 4.69) is 10.5 Å². The molecule has 0 atom stereocenters. The van der Waals surface area contributed by atoms with Gasteiger partial charge in [0, 0.05) is 6.07 Å². The molecule has 11 heteroatoms. The molecule has 0 amide bonds. The summed E-state index contributed by atoms with van der Waals surface area (Å²) in [7, 11) is 0. The van der Waals surface area contributed by atoms with Gasteiger partial charge in [-0.3, -0.25) is 25.7 Å². The summed E-state index contributed by atoms with van der Waals surface area (Å²) in [5.74, 6) is -0.000941. The van der Waals surface area contributed by atoms with Gasteiger partial charge in [-0.2, -0.15) is 5.10 Å². The van der Waals surface area contributed by atoms with E-state index in [-0.39, 0.29) is 11.4 Å². The zero-order valence-corrected chi connectivity index (χ0v) is 17.3. The second-order valence-corrected chi connectivity index (χ2v) is 6.48. The van der Waals surface area contributed by atoms with Crippen molar-refractivity contribution >= 4 is 29.2 Å². The minimum Gasteiger partial charge on any atom is -0.490 e. The summed E-state index contributed by atoms with van der Waals surface area (Å²) >= 11 is 0. The van der Waals surface area contributed by atoms with Gasteiger partial charge in [0.15, 0.2) is 11.5 Å². The van der Waals surface area contributed by atoms with Crippen molar-refractivity contribution in [1.29, 1.82) is 0 Å². The van der Waals surface area contributed by atoms with Crippen LogP contribution < -0.4 is 14.9 Å². The molecular formula is C22H18N4O7. The van der Waals surface area contributed by atoms with Gasteiger partial charge in [-0.1, -0.05) is 18.2 Å². The molecule has 3 rings (SSSR count). The van der Waals surface area contributed by atoms with Gasteiger partial charge in [0.25, 0.3) is 5.69 Å². The Morgan fingerprint density at radius 2 is 1.76 bits per heavy atom. The molecule has 168 valence electrons. The van der Waals surface area contributed by atoms with Gasteiger partial charge < -0.3 is 9.47 Å². The molecule has 3 aromatic carbocycles. The fraction of sp³-hybridized carbons (Fsp3) is 0.0909. The van der Waals surface area contributed by atoms with Crippen molar-refractivity contribution in [3.63, 3.8) is 0 Å². The Kier molecular flexibility index (Phi) is 7.27. The molecule has 0 spiro atoms. The number of hydrogen-bond acceptors (Lipinski definition) is 9. The summed E-state index contributed by atoms with van der Waals surface area (Å²) in [5, 5.41) is 26.0. The first-order valence-electron chi connectivity index (χ1n) is 9.65. The van der Waals surface area contributed by atoms with Crippen LogP contribution in [0.4, 0.5) is 17.1 Å². The topological polar surface area (TPSA) is 146 Å². The largest absolute Gasteiger partial charge is 0.490 e. The lowest BCUT2D eigenvalue weighted by atomic mass is 10.2. The van der Waals surface area contributed by atoms with Crippen molar-refractivity contribution in [2.75, 3.05) is 12.0 Å². The normalized spacial score (nSPS) is 10.6. The third-order valence-corrected chi connectivity index (χ3v) is 4.27. The quantitative estimate of drug-likeness (QED) is 0.164. The molecule has 33 heavy (non-hydrogen) atoms. The number of anilines is 1. The van der Waals surface area contributed by atoms with Crippen LogP contribution in [0.2, 0.25) is 0 Å². The highest BCUT2D eigenvalue weighted by Gasteiger charge is 2.19. The van der Waals surface area contributed by atoms with E-state index in [0.29, 0.717) is 23.5 Å². The number of carbonyl (C=O) groups is 1. The van der Waals surface area contributed by atoms with Gasteiger partial charge in [-0.15, -0.1) is 0 Å². The molecule has 0 aliphatic carbocycles. The second-order valence-electron chi connectivity index (χ2n) is 6.48. The average molecular weight is 450 g/mol. The minimum atomic E-state index is -0.742. The molecule has 0 bridgehead atoms. The number of nitro benzene ring substituents is 2. The lowest BCUT2D eigenvalue weighted by Gasteiger charge is -2.11. The van der Waals surface area contributed by atoms with Gasteiger partial charge in [0.2, 0.25) is 0 Å². The Morgan fingerprint density at radius 3 is 2.42 bits per heavy atom. The second kappa shape index (κ2) is 10.5. The number of nitrogens with zero attached hydrogens (tertiary/aromatic N) is 3. The summed E-state index contributed by atoms with van der Waals surface area (Å²) in [6, 6.07) is 16.4. The smallest absolute Gasteiger partial charge is 0.343 e. The molecule has 0 aromatic heterocycles. The Hall–Kier alpha value is -4.80. The molecule has 11 nitrogen and oxygen atoms in total. The third kappa shape index (κ3) is 5.88. The fourth-order valence-electron chi connectivity index (χ4n) is 2.75. The Labute approximate surface area is 187 Å². The first kappa shape index (κ1) is 22.9. The van der Waals surface area contributed by atoms with Crippen molar-refractivity contribution in [3.05, 3.63) is 98.1 Å². The molecule has 0 unspecified atom stereocenters. The highest BCUT2D eigenvalue weighted by atomic mass is 16.6. The maximum absolute atomic E-state index is 12.3. The molecule has 0 saturated carbocycles. The zero-order valence-electron chi connectivity index (χ0n) is 17.3. The van der Waals surface area contributed by atoms with Crippen LogP contribution in [0, 0.1) is 20.2 Å². The molecule has 0 saturated heterocycles. The number of nitro groups is 2. The number of hydrazone groups is 1. The number of rotatable bonds is 9. The monoisotopic (exact) mass is 450 g/mol. The SMILES string of the molecule is CCOc1cc(/C=N\Nc2ccc([N+](=O)[O-])cc2[N+](=O)[O-])ccc1OC(=O)c1ccccc1. The molecule has 0 radical (unpaired) electrons. The summed E-state index contributed by atoms with van der Waals surface area (Å²) in [6.45, 7) is 2.10. The fourth-order valence-corrected chi connectivity index (χ4v) is 2.75. The summed E-state index contributed by atoms with van der Waals surface area (Å²) in [6.07, 6.45) is 1.37. The molecule has 0 fully saturated rings. The number of benzene rings is 3. The third-order valence-electron chi connectivity index (χ3n) is 4.27. The average Bonchev–Trinajstić information content (AvgIpc) is 2.81. The number of esters is 1. The molecule has 0 aliphatic heterocycles. The van der Waals surface area contributed by atoms with Crippen molar-refractivity contribution in [3.8, 4) is 11.5 Å². The molecule has 0 aliphatic rings. The first-order chi connectivity index (χ1) is 15.9. The van der Waals surface area contributed by atoms with E-state index in [1.54, 1.807) is 55.5 Å². The van der Waals surface area contributed by atoms with Crippen LogP contribution in [0.25, 0.3) is 0 Å². The number of ether oxygens (including phenoxy) is 2. The Morgan fingerprint density at radius 1 is 1.00 bits per heavy atom. The molecule has 3 aromatic rings. The van der Waals surface area contributed by atoms with Gasteiger partial charge in [0.05, 0.1) is 34.3 Å². The van der Waals surface area contributed by atoms with Gasteiger partial charge in [-0.25, -0.2) is 4.79 Å². The summed E-state index contributed by atoms with van der Waals surface area (Å²) in [5.41, 5.74) is 2.54. The maximum Gasteiger partial charge on any atom is 0.343 e. The van der Waals surface area contributed by atoms with E-state index < -0.39 is 27.2 Å². The maximum atomic E-state index is 12.3. The Bertz CT molecular complexity index is 1210. The predicted octanol–water partition coefficient (Wildman–Crippen LogP) is 4.57. The summed E-state index contributed by atoms with van der Waals surface area (Å²) < 4.78 is 11.0. The highest BCUT2D eigenvalue weighted by Crippen LogP contribution is 2.30. The predicted molar refractivity (Wildman–Crippen MR) is 120 cm³/mol. The van der Waals surface area contributed by atoms with Crippen LogP contribution in [0.3, 0.4) is 0 Å². The van der Waals surface area contributed by atoms with E-state index in [4.69, 9.17) is 9.47 Å². The number of nitrogens with one attached hydrogen (secondary N) is 1. The highest BCUT2D eigenvalue weighted by molar-refractivity contribution is 5.91. The van der Waals surface area contributed by atoms with Crippen molar-refractivity contribution in [2.45, 2.75) is 6.92 Å². The van der Waals surface area contributed by atoms with E-state index in [9.17, 15) is 25.0 Å². The lowest BCUT2D eigenvalue weighted by Crippen LogP contribution is -2.09. The molecule has 0 heterocycles. The van der Waals surface area contributed by atoms with Crippen molar-refractivity contribution < 1.29 is 24.1 Å². The molecular weight excluding hydrogens is 432 g/mol. The first-order valence-corrected chi connectivity index (χ1v) is 9.65. The zero-order chi connectivity index (χ0) is 23.8. The van der Waals surface area contributed by atoms with E-state index >= 15 is 0 Å². The van der Waals surface area contributed by atoms with Crippen LogP contribution in [-0.4, -0.2) is 28.6 Å². The minimum absolute atomic E-state index is 0.0136. The van der Waals surface area contributed by atoms with Crippen LogP contribution in [-0.2, 0) is 0 Å². The van der Waals surface area contributed by atoms with Crippen LogP contribution in [0.5, 0.6) is 11.5 Å². The van der Waals surface area contributed by atoms with Crippen molar-refractivity contribution in [1.82, 2.24) is 0 Å². The van der Waals surface area contributed by atoms with Crippen LogP contribution >= 0.6 is 0 Å². The van der Waals surface area contributed by atoms with Crippen LogP contribution in [0.1, 0.15) is 22.8 Å². The number of carbonyl (C=O) groups excluding carboxylic acids is 1.